The van der Waals surface area contributed by atoms with E-state index in [0.717, 1.165) is 12.2 Å². The normalized spacial score (nSPS) is 14.9. The van der Waals surface area contributed by atoms with Gasteiger partial charge in [-0.05, 0) is 19.7 Å². The Hall–Kier alpha value is -0.720. The first-order valence-electron chi connectivity index (χ1n) is 6.22. The van der Waals surface area contributed by atoms with Crippen LogP contribution in [0.5, 0.6) is 0 Å². The Morgan fingerprint density at radius 3 is 2.83 bits per heavy atom. The van der Waals surface area contributed by atoms with E-state index in [1.165, 1.54) is 0 Å². The molecule has 0 aromatic carbocycles. The molecule has 5 nitrogen and oxygen atoms in total. The van der Waals surface area contributed by atoms with Gasteiger partial charge >= 0.3 is 0 Å². The lowest BCUT2D eigenvalue weighted by molar-refractivity contribution is 0.0912. The van der Waals surface area contributed by atoms with Crippen molar-refractivity contribution in [2.24, 2.45) is 0 Å². The fourth-order valence-electron chi connectivity index (χ4n) is 1.98. The van der Waals surface area contributed by atoms with Crippen molar-refractivity contribution in [2.75, 3.05) is 31.3 Å². The van der Waals surface area contributed by atoms with Crippen LogP contribution >= 0.6 is 11.8 Å². The highest BCUT2D eigenvalue weighted by Gasteiger charge is 2.16. The summed E-state index contributed by atoms with van der Waals surface area (Å²) < 4.78 is 1.68. The summed E-state index contributed by atoms with van der Waals surface area (Å²) in [4.78, 5) is 2.22. The van der Waals surface area contributed by atoms with Gasteiger partial charge in [0, 0.05) is 24.5 Å². The summed E-state index contributed by atoms with van der Waals surface area (Å²) in [7, 11) is 2.06. The van der Waals surface area contributed by atoms with Crippen molar-refractivity contribution in [1.29, 1.82) is 0 Å². The molecule has 6 heteroatoms. The lowest BCUT2D eigenvalue weighted by Gasteiger charge is -2.28. The highest BCUT2D eigenvalue weighted by atomic mass is 32.2. The van der Waals surface area contributed by atoms with Crippen LogP contribution in [0.25, 0.3) is 0 Å². The quantitative estimate of drug-likeness (QED) is 0.736. The third kappa shape index (κ3) is 4.88. The summed E-state index contributed by atoms with van der Waals surface area (Å²) in [5.41, 5.74) is 6.22. The van der Waals surface area contributed by atoms with E-state index in [0.29, 0.717) is 24.8 Å². The van der Waals surface area contributed by atoms with Gasteiger partial charge in [0.05, 0.1) is 24.5 Å². The van der Waals surface area contributed by atoms with Gasteiger partial charge in [-0.25, -0.2) is 0 Å². The molecule has 0 bridgehead atoms. The van der Waals surface area contributed by atoms with Gasteiger partial charge in [0.1, 0.15) is 0 Å². The summed E-state index contributed by atoms with van der Waals surface area (Å²) in [6, 6.07) is 0.511. The number of aliphatic hydroxyl groups excluding tert-OH is 1. The summed E-state index contributed by atoms with van der Waals surface area (Å²) in [5, 5.41) is 14.1. The maximum atomic E-state index is 10.0. The van der Waals surface area contributed by atoms with Gasteiger partial charge in [-0.1, -0.05) is 6.92 Å². The van der Waals surface area contributed by atoms with Crippen LogP contribution in [0.1, 0.15) is 13.3 Å². The van der Waals surface area contributed by atoms with E-state index in [1.807, 2.05) is 11.8 Å². The Balaban J connectivity index is 2.40. The van der Waals surface area contributed by atoms with Gasteiger partial charge in [-0.15, -0.1) is 0 Å². The lowest BCUT2D eigenvalue weighted by Crippen LogP contribution is -2.40. The zero-order valence-corrected chi connectivity index (χ0v) is 12.2. The second-order valence-corrected chi connectivity index (χ2v) is 5.52. The first-order valence-corrected chi connectivity index (χ1v) is 7.61. The summed E-state index contributed by atoms with van der Waals surface area (Å²) in [6.07, 6.45) is 6.12. The van der Waals surface area contributed by atoms with Crippen molar-refractivity contribution in [1.82, 2.24) is 14.7 Å². The molecule has 0 radical (unpaired) electrons. The van der Waals surface area contributed by atoms with Gasteiger partial charge in [-0.2, -0.15) is 16.9 Å². The number of rotatable bonds is 8. The van der Waals surface area contributed by atoms with Crippen LogP contribution in [-0.4, -0.2) is 57.5 Å². The van der Waals surface area contributed by atoms with E-state index in [4.69, 9.17) is 5.73 Å². The standard InChI is InChI=1S/C12H24N4OS/c1-4-11(9-18-3)15(2)7-12(17)8-16-6-10(13)5-14-16/h5-6,11-12,17H,4,7-9,13H2,1-3H3. The Morgan fingerprint density at radius 1 is 1.61 bits per heavy atom. The van der Waals surface area contributed by atoms with Gasteiger partial charge in [0.2, 0.25) is 0 Å². The zero-order chi connectivity index (χ0) is 13.5. The monoisotopic (exact) mass is 272 g/mol. The molecule has 0 saturated heterocycles. The molecule has 104 valence electrons. The second-order valence-electron chi connectivity index (χ2n) is 4.61. The summed E-state index contributed by atoms with van der Waals surface area (Å²) >= 11 is 1.84. The molecule has 18 heavy (non-hydrogen) atoms. The summed E-state index contributed by atoms with van der Waals surface area (Å²) in [5.74, 6) is 1.09. The van der Waals surface area contributed by atoms with Crippen molar-refractivity contribution in [3.63, 3.8) is 0 Å². The number of aromatic nitrogens is 2. The average molecular weight is 272 g/mol. The molecule has 1 heterocycles. The number of nitrogens with zero attached hydrogens (tertiary/aromatic N) is 3. The van der Waals surface area contributed by atoms with Crippen LogP contribution in [-0.2, 0) is 6.54 Å². The first kappa shape index (κ1) is 15.3. The number of aliphatic hydroxyl groups is 1. The third-order valence-corrected chi connectivity index (χ3v) is 3.72. The zero-order valence-electron chi connectivity index (χ0n) is 11.4. The SMILES string of the molecule is CCC(CSC)N(C)CC(O)Cn1cc(N)cn1. The molecule has 0 spiro atoms. The molecule has 1 aromatic heterocycles. The minimum absolute atomic E-state index is 0.426. The lowest BCUT2D eigenvalue weighted by atomic mass is 10.2. The third-order valence-electron chi connectivity index (χ3n) is 3.00. The molecule has 1 rings (SSSR count). The molecule has 0 fully saturated rings. The summed E-state index contributed by atoms with van der Waals surface area (Å²) in [6.45, 7) is 3.31. The number of hydrogen-bond donors (Lipinski definition) is 2. The molecular weight excluding hydrogens is 248 g/mol. The van der Waals surface area contributed by atoms with Crippen molar-refractivity contribution >= 4 is 17.4 Å². The Labute approximate surface area is 113 Å². The van der Waals surface area contributed by atoms with Gasteiger partial charge in [0.15, 0.2) is 0 Å². The molecule has 0 aliphatic rings. The fraction of sp³-hybridized carbons (Fsp3) is 0.750. The predicted molar refractivity (Wildman–Crippen MR) is 77.7 cm³/mol. The number of anilines is 1. The minimum Gasteiger partial charge on any atom is -0.396 e. The predicted octanol–water partition coefficient (Wildman–Crippen LogP) is 0.900. The number of thioether (sulfide) groups is 1. The number of hydrogen-bond acceptors (Lipinski definition) is 5. The van der Waals surface area contributed by atoms with E-state index in [-0.39, 0.29) is 0 Å². The van der Waals surface area contributed by atoms with E-state index in [1.54, 1.807) is 17.1 Å². The maximum Gasteiger partial charge on any atom is 0.0862 e. The van der Waals surface area contributed by atoms with E-state index >= 15 is 0 Å². The molecule has 1 aromatic rings. The number of likely N-dealkylation sites (N-methyl/N-ethyl adjacent to an activating group) is 1. The van der Waals surface area contributed by atoms with Crippen LogP contribution in [0.4, 0.5) is 5.69 Å². The molecule has 0 aliphatic heterocycles. The van der Waals surface area contributed by atoms with Crippen LogP contribution < -0.4 is 5.73 Å². The highest BCUT2D eigenvalue weighted by Crippen LogP contribution is 2.09. The van der Waals surface area contributed by atoms with Crippen LogP contribution in [0.2, 0.25) is 0 Å². The molecule has 0 saturated carbocycles. The van der Waals surface area contributed by atoms with Crippen molar-refractivity contribution in [3.8, 4) is 0 Å². The largest absolute Gasteiger partial charge is 0.396 e. The number of nitrogen functional groups attached to an aromatic ring is 1. The smallest absolute Gasteiger partial charge is 0.0862 e. The van der Waals surface area contributed by atoms with Gasteiger partial charge in [0.25, 0.3) is 0 Å². The second kappa shape index (κ2) is 7.66. The van der Waals surface area contributed by atoms with E-state index in [9.17, 15) is 5.11 Å². The fourth-order valence-corrected chi connectivity index (χ4v) is 2.86. The molecule has 3 N–H and O–H groups in total. The van der Waals surface area contributed by atoms with Crippen molar-refractivity contribution in [3.05, 3.63) is 12.4 Å². The van der Waals surface area contributed by atoms with Crippen molar-refractivity contribution in [2.45, 2.75) is 32.0 Å². The van der Waals surface area contributed by atoms with Crippen molar-refractivity contribution < 1.29 is 5.11 Å². The number of nitrogens with two attached hydrogens (primary N) is 1. The maximum absolute atomic E-state index is 10.0. The Morgan fingerprint density at radius 2 is 2.33 bits per heavy atom. The Bertz CT molecular complexity index is 345. The van der Waals surface area contributed by atoms with Gasteiger partial charge < -0.3 is 10.8 Å². The van der Waals surface area contributed by atoms with E-state index in [2.05, 4.69) is 30.2 Å². The van der Waals surface area contributed by atoms with Crippen LogP contribution in [0.3, 0.4) is 0 Å². The topological polar surface area (TPSA) is 67.3 Å². The molecule has 0 aliphatic carbocycles. The average Bonchev–Trinajstić information content (AvgIpc) is 2.71. The van der Waals surface area contributed by atoms with Crippen LogP contribution in [0, 0.1) is 0 Å². The minimum atomic E-state index is -0.426. The molecule has 0 amide bonds. The molecule has 2 atom stereocenters. The highest BCUT2D eigenvalue weighted by molar-refractivity contribution is 7.98. The van der Waals surface area contributed by atoms with Gasteiger partial charge in [-0.3, -0.25) is 9.58 Å². The first-order chi connectivity index (χ1) is 8.56. The van der Waals surface area contributed by atoms with E-state index < -0.39 is 6.10 Å². The molecule has 2 unspecified atom stereocenters. The molecular formula is C12H24N4OS. The Kier molecular flexibility index (Phi) is 6.52. The van der Waals surface area contributed by atoms with Crippen LogP contribution in [0.15, 0.2) is 12.4 Å².